The first-order valence-corrected chi connectivity index (χ1v) is 12.9. The topological polar surface area (TPSA) is 105 Å². The molecule has 2 aromatic carbocycles. The number of hydrogen-bond donors (Lipinski definition) is 2. The summed E-state index contributed by atoms with van der Waals surface area (Å²) >= 11 is 0. The maximum absolute atomic E-state index is 13.2. The molecule has 0 bridgehead atoms. The molecule has 34 heavy (non-hydrogen) atoms. The molecule has 0 aliphatic heterocycles. The third-order valence-corrected chi connectivity index (χ3v) is 7.98. The summed E-state index contributed by atoms with van der Waals surface area (Å²) in [5, 5.41) is 2.63. The van der Waals surface area contributed by atoms with Gasteiger partial charge < -0.3 is 10.3 Å². The van der Waals surface area contributed by atoms with Crippen molar-refractivity contribution >= 4 is 26.9 Å². The first kappa shape index (κ1) is 23.6. The van der Waals surface area contributed by atoms with Crippen LogP contribution in [0.4, 0.5) is 0 Å². The summed E-state index contributed by atoms with van der Waals surface area (Å²) in [6, 6.07) is 16.4. The number of carbonyl (C=O) groups excluding carboxylic acids is 1. The van der Waals surface area contributed by atoms with Crippen molar-refractivity contribution < 1.29 is 13.2 Å². The van der Waals surface area contributed by atoms with Gasteiger partial charge in [-0.3, -0.25) is 4.79 Å². The van der Waals surface area contributed by atoms with Crippen LogP contribution in [-0.2, 0) is 9.84 Å². The summed E-state index contributed by atoms with van der Waals surface area (Å²) in [5.41, 5.74) is 3.73. The second-order valence-corrected chi connectivity index (χ2v) is 11.0. The highest BCUT2D eigenvalue weighted by molar-refractivity contribution is 7.92. The largest absolute Gasteiger partial charge is 0.345 e. The SMILES string of the molecule is CCC[C@@H](NC(=O)c1c[nH]c2ncc(-c3ccc(S(=O)(=O)C(C)C)cc3)nc12)c1ccccc1. The number of hydrogen-bond acceptors (Lipinski definition) is 5. The van der Waals surface area contributed by atoms with Gasteiger partial charge in [0.25, 0.3) is 5.91 Å². The molecule has 0 unspecified atom stereocenters. The van der Waals surface area contributed by atoms with E-state index >= 15 is 0 Å². The lowest BCUT2D eigenvalue weighted by atomic mass is 10.0. The van der Waals surface area contributed by atoms with Gasteiger partial charge in [0.2, 0.25) is 0 Å². The van der Waals surface area contributed by atoms with Crippen LogP contribution in [0.15, 0.2) is 71.9 Å². The van der Waals surface area contributed by atoms with Crippen molar-refractivity contribution in [2.75, 3.05) is 0 Å². The van der Waals surface area contributed by atoms with Gasteiger partial charge in [-0.25, -0.2) is 18.4 Å². The molecule has 0 fully saturated rings. The van der Waals surface area contributed by atoms with Gasteiger partial charge in [0.05, 0.1) is 33.6 Å². The molecule has 0 aliphatic carbocycles. The fourth-order valence-corrected chi connectivity index (χ4v) is 4.88. The Labute approximate surface area is 199 Å². The van der Waals surface area contributed by atoms with Crippen molar-refractivity contribution in [1.82, 2.24) is 20.3 Å². The molecule has 4 rings (SSSR count). The minimum absolute atomic E-state index is 0.102. The van der Waals surface area contributed by atoms with E-state index in [0.29, 0.717) is 22.4 Å². The molecule has 4 aromatic rings. The number of nitrogens with zero attached hydrogens (tertiary/aromatic N) is 2. The number of carbonyl (C=O) groups is 1. The van der Waals surface area contributed by atoms with E-state index in [-0.39, 0.29) is 16.8 Å². The summed E-state index contributed by atoms with van der Waals surface area (Å²) < 4.78 is 24.8. The Bertz CT molecular complexity index is 1400. The normalized spacial score (nSPS) is 12.7. The van der Waals surface area contributed by atoms with Crippen molar-refractivity contribution in [3.8, 4) is 11.3 Å². The zero-order valence-corrected chi connectivity index (χ0v) is 20.3. The zero-order valence-electron chi connectivity index (χ0n) is 19.4. The summed E-state index contributed by atoms with van der Waals surface area (Å²) in [5.74, 6) is -0.224. The Balaban J connectivity index is 1.63. The number of nitrogens with one attached hydrogen (secondary N) is 2. The average Bonchev–Trinajstić information content (AvgIpc) is 3.28. The van der Waals surface area contributed by atoms with Crippen molar-refractivity contribution in [1.29, 1.82) is 0 Å². The summed E-state index contributed by atoms with van der Waals surface area (Å²) in [6.45, 7) is 5.40. The fourth-order valence-electron chi connectivity index (χ4n) is 3.82. The maximum Gasteiger partial charge on any atom is 0.255 e. The monoisotopic (exact) mass is 476 g/mol. The van der Waals surface area contributed by atoms with E-state index in [9.17, 15) is 13.2 Å². The van der Waals surface area contributed by atoms with Gasteiger partial charge in [0, 0.05) is 11.8 Å². The smallest absolute Gasteiger partial charge is 0.255 e. The second-order valence-electron chi connectivity index (χ2n) is 8.50. The van der Waals surface area contributed by atoms with Crippen LogP contribution in [0.1, 0.15) is 55.6 Å². The maximum atomic E-state index is 13.2. The lowest BCUT2D eigenvalue weighted by molar-refractivity contribution is 0.0936. The molecule has 1 amide bonds. The number of rotatable bonds is 8. The molecule has 1 atom stereocenters. The molecule has 2 N–H and O–H groups in total. The minimum atomic E-state index is -3.35. The number of aromatic amines is 1. The minimum Gasteiger partial charge on any atom is -0.345 e. The highest BCUT2D eigenvalue weighted by Gasteiger charge is 2.21. The van der Waals surface area contributed by atoms with Gasteiger partial charge in [-0.1, -0.05) is 55.8 Å². The van der Waals surface area contributed by atoms with Crippen molar-refractivity contribution in [2.45, 2.75) is 49.8 Å². The van der Waals surface area contributed by atoms with Gasteiger partial charge in [0.1, 0.15) is 5.52 Å². The van der Waals surface area contributed by atoms with Crippen LogP contribution >= 0.6 is 0 Å². The molecule has 0 aliphatic rings. The van der Waals surface area contributed by atoms with Crippen LogP contribution in [0.2, 0.25) is 0 Å². The third kappa shape index (κ3) is 4.72. The van der Waals surface area contributed by atoms with Gasteiger partial charge in [-0.2, -0.15) is 0 Å². The van der Waals surface area contributed by atoms with Gasteiger partial charge in [0.15, 0.2) is 15.5 Å². The molecule has 7 nitrogen and oxygen atoms in total. The standard InChI is InChI=1S/C26H28N4O3S/c1-4-8-22(18-9-6-5-7-10-18)30-26(31)21-15-27-25-24(21)29-23(16-28-25)19-11-13-20(14-12-19)34(32,33)17(2)3/h5-7,9-17,22H,4,8H2,1-3H3,(H,27,28)(H,30,31)/t22-/m1/s1. The van der Waals surface area contributed by atoms with Crippen LogP contribution in [0.5, 0.6) is 0 Å². The molecule has 0 spiro atoms. The molecule has 0 saturated heterocycles. The average molecular weight is 477 g/mol. The zero-order chi connectivity index (χ0) is 24.3. The van der Waals surface area contributed by atoms with Gasteiger partial charge in [-0.05, 0) is 38.0 Å². The van der Waals surface area contributed by atoms with E-state index in [1.165, 1.54) is 0 Å². The first-order chi connectivity index (χ1) is 16.3. The number of fused-ring (bicyclic) bond motifs is 1. The lowest BCUT2D eigenvalue weighted by Gasteiger charge is -2.18. The van der Waals surface area contributed by atoms with E-state index < -0.39 is 15.1 Å². The molecule has 0 radical (unpaired) electrons. The van der Waals surface area contributed by atoms with Crippen molar-refractivity contribution in [3.05, 3.63) is 78.1 Å². The van der Waals surface area contributed by atoms with Crippen molar-refractivity contribution in [3.63, 3.8) is 0 Å². The number of amides is 1. The fraction of sp³-hybridized carbons (Fsp3) is 0.269. The molecule has 0 saturated carbocycles. The van der Waals surface area contributed by atoms with E-state index in [2.05, 4.69) is 27.2 Å². The van der Waals surface area contributed by atoms with E-state index in [1.807, 2.05) is 30.3 Å². The summed E-state index contributed by atoms with van der Waals surface area (Å²) in [6.07, 6.45) is 4.98. The van der Waals surface area contributed by atoms with E-state index in [0.717, 1.165) is 24.0 Å². The summed E-state index contributed by atoms with van der Waals surface area (Å²) in [4.78, 5) is 25.6. The van der Waals surface area contributed by atoms with Crippen LogP contribution < -0.4 is 5.32 Å². The lowest BCUT2D eigenvalue weighted by Crippen LogP contribution is -2.28. The first-order valence-electron chi connectivity index (χ1n) is 11.4. The third-order valence-electron chi connectivity index (χ3n) is 5.81. The van der Waals surface area contributed by atoms with Crippen LogP contribution in [0.3, 0.4) is 0 Å². The Hall–Kier alpha value is -3.52. The number of sulfone groups is 1. The predicted octanol–water partition coefficient (Wildman–Crippen LogP) is 5.08. The van der Waals surface area contributed by atoms with Crippen LogP contribution in [0, 0.1) is 0 Å². The number of aromatic nitrogens is 3. The highest BCUT2D eigenvalue weighted by Crippen LogP contribution is 2.25. The Morgan fingerprint density at radius 2 is 1.76 bits per heavy atom. The molecule has 176 valence electrons. The number of benzene rings is 2. The van der Waals surface area contributed by atoms with Crippen LogP contribution in [0.25, 0.3) is 22.4 Å². The highest BCUT2D eigenvalue weighted by atomic mass is 32.2. The summed E-state index contributed by atoms with van der Waals surface area (Å²) in [7, 11) is -3.35. The number of H-pyrrole nitrogens is 1. The predicted molar refractivity (Wildman–Crippen MR) is 133 cm³/mol. The Morgan fingerprint density at radius 1 is 1.06 bits per heavy atom. The molecule has 2 aromatic heterocycles. The van der Waals surface area contributed by atoms with Gasteiger partial charge >= 0.3 is 0 Å². The Kier molecular flexibility index (Phi) is 6.79. The van der Waals surface area contributed by atoms with Crippen LogP contribution in [-0.4, -0.2) is 34.5 Å². The second kappa shape index (κ2) is 9.77. The Morgan fingerprint density at radius 3 is 2.41 bits per heavy atom. The molecule has 8 heteroatoms. The van der Waals surface area contributed by atoms with Crippen molar-refractivity contribution in [2.24, 2.45) is 0 Å². The molecular weight excluding hydrogens is 448 g/mol. The molecular formula is C26H28N4O3S. The molecule has 2 heterocycles. The van der Waals surface area contributed by atoms with Gasteiger partial charge in [-0.15, -0.1) is 0 Å². The van der Waals surface area contributed by atoms with E-state index in [4.69, 9.17) is 0 Å². The van der Waals surface area contributed by atoms with E-state index in [1.54, 1.807) is 50.5 Å². The quantitative estimate of drug-likeness (QED) is 0.369.